The first kappa shape index (κ1) is 10.3. The van der Waals surface area contributed by atoms with Crippen LogP contribution < -0.4 is 4.74 Å². The van der Waals surface area contributed by atoms with Gasteiger partial charge in [0, 0.05) is 15.2 Å². The molecule has 0 aliphatic rings. The Morgan fingerprint density at radius 1 is 1.50 bits per heavy atom. The van der Waals surface area contributed by atoms with Gasteiger partial charge in [0.25, 0.3) is 0 Å². The minimum atomic E-state index is 0.677. The largest absolute Gasteiger partial charge is 0.492 e. The molecule has 1 aromatic carbocycles. The number of benzene rings is 1. The van der Waals surface area contributed by atoms with E-state index in [1.807, 2.05) is 24.4 Å². The van der Waals surface area contributed by atoms with Crippen molar-refractivity contribution in [3.63, 3.8) is 0 Å². The molecule has 0 atom stereocenters. The van der Waals surface area contributed by atoms with Gasteiger partial charge in [-0.1, -0.05) is 27.5 Å². The van der Waals surface area contributed by atoms with Crippen molar-refractivity contribution in [2.24, 2.45) is 0 Å². The SMILES string of the molecule is CCOc1csc2c(Cl)cc(Br)cc12. The van der Waals surface area contributed by atoms with Crippen LogP contribution in [-0.4, -0.2) is 6.61 Å². The minimum Gasteiger partial charge on any atom is -0.492 e. The number of ether oxygens (including phenoxy) is 1. The van der Waals surface area contributed by atoms with E-state index < -0.39 is 0 Å². The van der Waals surface area contributed by atoms with Crippen molar-refractivity contribution in [3.8, 4) is 5.75 Å². The molecule has 0 saturated heterocycles. The molecule has 0 aliphatic carbocycles. The Hall–Kier alpha value is -0.250. The lowest BCUT2D eigenvalue weighted by molar-refractivity contribution is 0.345. The average Bonchev–Trinajstić information content (AvgIpc) is 2.49. The van der Waals surface area contributed by atoms with Crippen molar-refractivity contribution < 1.29 is 4.74 Å². The van der Waals surface area contributed by atoms with Crippen molar-refractivity contribution in [2.45, 2.75) is 6.92 Å². The average molecular weight is 292 g/mol. The first-order valence-corrected chi connectivity index (χ1v) is 6.26. The van der Waals surface area contributed by atoms with Crippen LogP contribution in [0.25, 0.3) is 10.1 Å². The molecule has 14 heavy (non-hydrogen) atoms. The molecule has 1 aromatic heterocycles. The fourth-order valence-electron chi connectivity index (χ4n) is 1.31. The second-order valence-electron chi connectivity index (χ2n) is 2.80. The molecular weight excluding hydrogens is 284 g/mol. The highest BCUT2D eigenvalue weighted by atomic mass is 79.9. The molecule has 2 aromatic rings. The van der Waals surface area contributed by atoms with Crippen molar-refractivity contribution in [1.29, 1.82) is 0 Å². The van der Waals surface area contributed by atoms with Gasteiger partial charge < -0.3 is 4.74 Å². The van der Waals surface area contributed by atoms with E-state index in [9.17, 15) is 0 Å². The Kier molecular flexibility index (Phi) is 3.00. The van der Waals surface area contributed by atoms with Crippen molar-refractivity contribution in [1.82, 2.24) is 0 Å². The molecule has 74 valence electrons. The van der Waals surface area contributed by atoms with Crippen LogP contribution in [0.2, 0.25) is 5.02 Å². The van der Waals surface area contributed by atoms with Gasteiger partial charge in [-0.25, -0.2) is 0 Å². The molecule has 0 spiro atoms. The zero-order valence-corrected chi connectivity index (χ0v) is 10.7. The Balaban J connectivity index is 2.66. The van der Waals surface area contributed by atoms with Crippen LogP contribution in [0.1, 0.15) is 6.92 Å². The van der Waals surface area contributed by atoms with Crippen LogP contribution >= 0.6 is 38.9 Å². The first-order chi connectivity index (χ1) is 6.72. The van der Waals surface area contributed by atoms with E-state index >= 15 is 0 Å². The molecule has 0 saturated carbocycles. The van der Waals surface area contributed by atoms with Gasteiger partial charge in [-0.2, -0.15) is 0 Å². The van der Waals surface area contributed by atoms with Crippen molar-refractivity contribution in [3.05, 3.63) is 27.0 Å². The molecule has 0 radical (unpaired) electrons. The lowest BCUT2D eigenvalue weighted by atomic mass is 10.2. The summed E-state index contributed by atoms with van der Waals surface area (Å²) in [6.07, 6.45) is 0. The summed E-state index contributed by atoms with van der Waals surface area (Å²) >= 11 is 11.1. The number of hydrogen-bond donors (Lipinski definition) is 0. The maximum atomic E-state index is 6.10. The highest BCUT2D eigenvalue weighted by Crippen LogP contribution is 2.38. The topological polar surface area (TPSA) is 9.23 Å². The van der Waals surface area contributed by atoms with Crippen molar-refractivity contribution in [2.75, 3.05) is 6.61 Å². The lowest BCUT2D eigenvalue weighted by Gasteiger charge is -2.01. The summed E-state index contributed by atoms with van der Waals surface area (Å²) in [5.41, 5.74) is 0. The van der Waals surface area contributed by atoms with Crippen LogP contribution in [0, 0.1) is 0 Å². The molecule has 2 rings (SSSR count). The first-order valence-electron chi connectivity index (χ1n) is 4.21. The quantitative estimate of drug-likeness (QED) is 0.778. The van der Waals surface area contributed by atoms with Gasteiger partial charge in [0.2, 0.25) is 0 Å². The number of rotatable bonds is 2. The summed E-state index contributed by atoms with van der Waals surface area (Å²) in [5, 5.41) is 3.84. The molecule has 0 bridgehead atoms. The molecule has 0 amide bonds. The number of hydrogen-bond acceptors (Lipinski definition) is 2. The van der Waals surface area contributed by atoms with Crippen LogP contribution in [0.4, 0.5) is 0 Å². The zero-order chi connectivity index (χ0) is 10.1. The number of thiophene rings is 1. The molecule has 0 unspecified atom stereocenters. The maximum Gasteiger partial charge on any atom is 0.137 e. The van der Waals surface area contributed by atoms with Gasteiger partial charge in [-0.15, -0.1) is 11.3 Å². The minimum absolute atomic E-state index is 0.677. The van der Waals surface area contributed by atoms with Crippen LogP contribution in [0.15, 0.2) is 22.0 Å². The fraction of sp³-hybridized carbons (Fsp3) is 0.200. The number of fused-ring (bicyclic) bond motifs is 1. The number of halogens is 2. The predicted molar refractivity (Wildman–Crippen MR) is 65.7 cm³/mol. The molecule has 0 N–H and O–H groups in total. The molecular formula is C10H8BrClOS. The van der Waals surface area contributed by atoms with E-state index in [0.29, 0.717) is 6.61 Å². The molecule has 1 nitrogen and oxygen atoms in total. The molecule has 0 fully saturated rings. The second-order valence-corrected chi connectivity index (χ2v) is 5.00. The van der Waals surface area contributed by atoms with Gasteiger partial charge in [0.15, 0.2) is 0 Å². The summed E-state index contributed by atoms with van der Waals surface area (Å²) in [7, 11) is 0. The Labute approximate surface area is 99.8 Å². The summed E-state index contributed by atoms with van der Waals surface area (Å²) in [6.45, 7) is 2.65. The highest BCUT2D eigenvalue weighted by Gasteiger charge is 2.08. The summed E-state index contributed by atoms with van der Waals surface area (Å²) in [5.74, 6) is 0.913. The summed E-state index contributed by atoms with van der Waals surface area (Å²) in [6, 6.07) is 3.93. The zero-order valence-electron chi connectivity index (χ0n) is 7.51. The molecule has 0 aliphatic heterocycles. The molecule has 4 heteroatoms. The summed E-state index contributed by atoms with van der Waals surface area (Å²) in [4.78, 5) is 0. The van der Waals surface area contributed by atoms with E-state index in [-0.39, 0.29) is 0 Å². The van der Waals surface area contributed by atoms with Gasteiger partial charge >= 0.3 is 0 Å². The fourth-order valence-corrected chi connectivity index (χ4v) is 3.13. The highest BCUT2D eigenvalue weighted by molar-refractivity contribution is 9.10. The van der Waals surface area contributed by atoms with Gasteiger partial charge in [-0.05, 0) is 19.1 Å². The third-order valence-electron chi connectivity index (χ3n) is 1.86. The van der Waals surface area contributed by atoms with E-state index in [4.69, 9.17) is 16.3 Å². The normalized spacial score (nSPS) is 10.8. The standard InChI is InChI=1S/C10H8BrClOS/c1-2-13-9-5-14-10-7(9)3-6(11)4-8(10)12/h3-5H,2H2,1H3. The monoisotopic (exact) mass is 290 g/mol. The van der Waals surface area contributed by atoms with E-state index in [1.165, 1.54) is 0 Å². The lowest BCUT2D eigenvalue weighted by Crippen LogP contribution is -1.89. The van der Waals surface area contributed by atoms with Crippen LogP contribution in [0.5, 0.6) is 5.75 Å². The molecule has 1 heterocycles. The summed E-state index contributed by atoms with van der Waals surface area (Å²) < 4.78 is 7.56. The Morgan fingerprint density at radius 2 is 2.29 bits per heavy atom. The van der Waals surface area contributed by atoms with Gasteiger partial charge in [0.1, 0.15) is 5.75 Å². The van der Waals surface area contributed by atoms with Crippen molar-refractivity contribution >= 4 is 49.0 Å². The Morgan fingerprint density at radius 3 is 3.00 bits per heavy atom. The van der Waals surface area contributed by atoms with Gasteiger partial charge in [-0.3, -0.25) is 0 Å². The third-order valence-corrected chi connectivity index (χ3v) is 3.73. The maximum absolute atomic E-state index is 6.10. The van der Waals surface area contributed by atoms with Crippen LogP contribution in [0.3, 0.4) is 0 Å². The smallest absolute Gasteiger partial charge is 0.137 e. The van der Waals surface area contributed by atoms with E-state index in [1.54, 1.807) is 11.3 Å². The Bertz CT molecular complexity index is 466. The predicted octanol–water partition coefficient (Wildman–Crippen LogP) is 4.72. The van der Waals surface area contributed by atoms with Crippen LogP contribution in [-0.2, 0) is 0 Å². The second kappa shape index (κ2) is 4.09. The van der Waals surface area contributed by atoms with E-state index in [2.05, 4.69) is 15.9 Å². The van der Waals surface area contributed by atoms with Gasteiger partial charge in [0.05, 0.1) is 16.3 Å². The third kappa shape index (κ3) is 1.76. The van der Waals surface area contributed by atoms with E-state index in [0.717, 1.165) is 25.3 Å².